The SMILES string of the molecule is C=CCc1ccccc1OCC(O)Cn1nnc2ccccc21. The van der Waals surface area contributed by atoms with E-state index in [9.17, 15) is 5.11 Å². The van der Waals surface area contributed by atoms with Gasteiger partial charge in [-0.2, -0.15) is 0 Å². The third-order valence-electron chi connectivity index (χ3n) is 3.57. The van der Waals surface area contributed by atoms with E-state index in [2.05, 4.69) is 16.9 Å². The number of aromatic nitrogens is 3. The molecular weight excluding hydrogens is 290 g/mol. The Kier molecular flexibility index (Phi) is 4.68. The Morgan fingerprint density at radius 3 is 2.83 bits per heavy atom. The minimum atomic E-state index is -0.670. The quantitative estimate of drug-likeness (QED) is 0.682. The van der Waals surface area contributed by atoms with Crippen LogP contribution in [-0.4, -0.2) is 32.8 Å². The lowest BCUT2D eigenvalue weighted by Gasteiger charge is -2.14. The Morgan fingerprint density at radius 2 is 1.96 bits per heavy atom. The highest BCUT2D eigenvalue weighted by atomic mass is 16.5. The molecule has 0 saturated carbocycles. The molecule has 2 aromatic carbocycles. The molecule has 118 valence electrons. The normalized spacial score (nSPS) is 12.2. The summed E-state index contributed by atoms with van der Waals surface area (Å²) in [7, 11) is 0. The molecular formula is C18H19N3O2. The van der Waals surface area contributed by atoms with Crippen LogP contribution in [0.4, 0.5) is 0 Å². The third-order valence-corrected chi connectivity index (χ3v) is 3.57. The van der Waals surface area contributed by atoms with E-state index < -0.39 is 6.10 Å². The highest BCUT2D eigenvalue weighted by Crippen LogP contribution is 2.19. The van der Waals surface area contributed by atoms with E-state index in [-0.39, 0.29) is 6.61 Å². The smallest absolute Gasteiger partial charge is 0.122 e. The number of aliphatic hydroxyl groups excluding tert-OH is 1. The number of hydrogen-bond acceptors (Lipinski definition) is 4. The lowest BCUT2D eigenvalue weighted by Crippen LogP contribution is -2.24. The van der Waals surface area contributed by atoms with Crippen LogP contribution in [0.15, 0.2) is 61.2 Å². The van der Waals surface area contributed by atoms with Crippen molar-refractivity contribution < 1.29 is 9.84 Å². The minimum absolute atomic E-state index is 0.197. The molecule has 5 heteroatoms. The summed E-state index contributed by atoms with van der Waals surface area (Å²) in [6.07, 6.45) is 1.90. The van der Waals surface area contributed by atoms with Gasteiger partial charge >= 0.3 is 0 Å². The number of para-hydroxylation sites is 2. The maximum atomic E-state index is 10.2. The van der Waals surface area contributed by atoms with Crippen molar-refractivity contribution in [2.24, 2.45) is 0 Å². The molecule has 1 aromatic heterocycles. The Morgan fingerprint density at radius 1 is 1.17 bits per heavy atom. The summed E-state index contributed by atoms with van der Waals surface area (Å²) in [5.74, 6) is 0.773. The average Bonchev–Trinajstić information content (AvgIpc) is 2.98. The van der Waals surface area contributed by atoms with Gasteiger partial charge in [0.2, 0.25) is 0 Å². The van der Waals surface area contributed by atoms with Gasteiger partial charge in [0.25, 0.3) is 0 Å². The summed E-state index contributed by atoms with van der Waals surface area (Å²) < 4.78 is 7.45. The fourth-order valence-corrected chi connectivity index (χ4v) is 2.46. The van der Waals surface area contributed by atoms with Gasteiger partial charge in [0.15, 0.2) is 0 Å². The van der Waals surface area contributed by atoms with Crippen LogP contribution < -0.4 is 4.74 Å². The molecule has 0 aliphatic rings. The molecule has 0 spiro atoms. The first-order valence-electron chi connectivity index (χ1n) is 7.56. The third kappa shape index (κ3) is 3.57. The zero-order chi connectivity index (χ0) is 16.1. The van der Waals surface area contributed by atoms with Crippen LogP contribution in [0.1, 0.15) is 5.56 Å². The fraction of sp³-hybridized carbons (Fsp3) is 0.222. The van der Waals surface area contributed by atoms with E-state index in [1.54, 1.807) is 4.68 Å². The number of hydrogen-bond donors (Lipinski definition) is 1. The fourth-order valence-electron chi connectivity index (χ4n) is 2.46. The van der Waals surface area contributed by atoms with Crippen LogP contribution >= 0.6 is 0 Å². The van der Waals surface area contributed by atoms with Gasteiger partial charge in [-0.25, -0.2) is 4.68 Å². The van der Waals surface area contributed by atoms with Crippen molar-refractivity contribution in [3.8, 4) is 5.75 Å². The Labute approximate surface area is 134 Å². The maximum Gasteiger partial charge on any atom is 0.122 e. The van der Waals surface area contributed by atoms with Crippen LogP contribution in [0.3, 0.4) is 0 Å². The standard InChI is InChI=1S/C18H19N3O2/c1-2-7-14-8-3-6-11-18(14)23-13-15(22)12-21-17-10-5-4-9-16(17)19-20-21/h2-6,8-11,15,22H,1,7,12-13H2. The van der Waals surface area contributed by atoms with Crippen LogP contribution in [0.25, 0.3) is 11.0 Å². The molecule has 23 heavy (non-hydrogen) atoms. The van der Waals surface area contributed by atoms with Crippen molar-refractivity contribution in [3.63, 3.8) is 0 Å². The van der Waals surface area contributed by atoms with Crippen molar-refractivity contribution in [2.75, 3.05) is 6.61 Å². The van der Waals surface area contributed by atoms with Gasteiger partial charge in [-0.1, -0.05) is 41.6 Å². The van der Waals surface area contributed by atoms with E-state index in [1.807, 2.05) is 54.6 Å². The molecule has 1 atom stereocenters. The molecule has 5 nitrogen and oxygen atoms in total. The second-order valence-corrected chi connectivity index (χ2v) is 5.33. The van der Waals surface area contributed by atoms with Crippen molar-refractivity contribution in [1.82, 2.24) is 15.0 Å². The van der Waals surface area contributed by atoms with Gasteiger partial charge in [0.05, 0.1) is 12.1 Å². The highest BCUT2D eigenvalue weighted by molar-refractivity contribution is 5.73. The van der Waals surface area contributed by atoms with Crippen molar-refractivity contribution in [1.29, 1.82) is 0 Å². The number of benzene rings is 2. The molecule has 3 aromatic rings. The number of rotatable bonds is 7. The summed E-state index contributed by atoms with van der Waals surface area (Å²) in [5, 5.41) is 18.4. The van der Waals surface area contributed by atoms with Crippen LogP contribution in [-0.2, 0) is 13.0 Å². The first-order valence-corrected chi connectivity index (χ1v) is 7.56. The molecule has 0 fully saturated rings. The maximum absolute atomic E-state index is 10.2. The predicted molar refractivity (Wildman–Crippen MR) is 89.4 cm³/mol. The second kappa shape index (κ2) is 7.07. The zero-order valence-corrected chi connectivity index (χ0v) is 12.8. The van der Waals surface area contributed by atoms with Crippen molar-refractivity contribution in [2.45, 2.75) is 19.1 Å². The van der Waals surface area contributed by atoms with Gasteiger partial charge in [0.1, 0.15) is 24.0 Å². The number of fused-ring (bicyclic) bond motifs is 1. The molecule has 0 aliphatic heterocycles. The Balaban J connectivity index is 1.64. The van der Waals surface area contributed by atoms with E-state index in [0.29, 0.717) is 6.54 Å². The van der Waals surface area contributed by atoms with Gasteiger partial charge in [-0.15, -0.1) is 11.7 Å². The molecule has 3 rings (SSSR count). The summed E-state index contributed by atoms with van der Waals surface area (Å²) in [4.78, 5) is 0. The van der Waals surface area contributed by atoms with E-state index >= 15 is 0 Å². The summed E-state index contributed by atoms with van der Waals surface area (Å²) in [6, 6.07) is 15.4. The molecule has 1 unspecified atom stereocenters. The van der Waals surface area contributed by atoms with E-state index in [0.717, 1.165) is 28.8 Å². The van der Waals surface area contributed by atoms with Gasteiger partial charge in [0, 0.05) is 0 Å². The molecule has 0 bridgehead atoms. The molecule has 0 aliphatic carbocycles. The van der Waals surface area contributed by atoms with Gasteiger partial charge in [-0.05, 0) is 30.2 Å². The summed E-state index contributed by atoms with van der Waals surface area (Å²) >= 11 is 0. The predicted octanol–water partition coefficient (Wildman–Crippen LogP) is 2.60. The molecule has 1 N–H and O–H groups in total. The topological polar surface area (TPSA) is 60.2 Å². The minimum Gasteiger partial charge on any atom is -0.491 e. The van der Waals surface area contributed by atoms with Crippen molar-refractivity contribution in [3.05, 3.63) is 66.7 Å². The average molecular weight is 309 g/mol. The molecule has 0 radical (unpaired) electrons. The second-order valence-electron chi connectivity index (χ2n) is 5.33. The van der Waals surface area contributed by atoms with Crippen molar-refractivity contribution >= 4 is 11.0 Å². The van der Waals surface area contributed by atoms with Gasteiger partial charge < -0.3 is 9.84 Å². The number of allylic oxidation sites excluding steroid dienone is 1. The monoisotopic (exact) mass is 309 g/mol. The van der Waals surface area contributed by atoms with Crippen LogP contribution in [0.5, 0.6) is 5.75 Å². The van der Waals surface area contributed by atoms with E-state index in [1.165, 1.54) is 0 Å². The number of ether oxygens (including phenoxy) is 1. The van der Waals surface area contributed by atoms with Crippen LogP contribution in [0.2, 0.25) is 0 Å². The molecule has 0 amide bonds. The number of aliphatic hydroxyl groups is 1. The number of nitrogens with zero attached hydrogens (tertiary/aromatic N) is 3. The first kappa shape index (κ1) is 15.2. The summed E-state index contributed by atoms with van der Waals surface area (Å²) in [6.45, 7) is 4.28. The lowest BCUT2D eigenvalue weighted by molar-refractivity contribution is 0.0895. The zero-order valence-electron chi connectivity index (χ0n) is 12.8. The lowest BCUT2D eigenvalue weighted by atomic mass is 10.1. The van der Waals surface area contributed by atoms with E-state index in [4.69, 9.17) is 4.74 Å². The Bertz CT molecular complexity index is 798. The molecule has 1 heterocycles. The first-order chi connectivity index (χ1) is 11.3. The summed E-state index contributed by atoms with van der Waals surface area (Å²) in [5.41, 5.74) is 2.77. The van der Waals surface area contributed by atoms with Crippen LogP contribution in [0, 0.1) is 0 Å². The highest BCUT2D eigenvalue weighted by Gasteiger charge is 2.11. The largest absolute Gasteiger partial charge is 0.491 e. The van der Waals surface area contributed by atoms with Gasteiger partial charge in [-0.3, -0.25) is 0 Å². The molecule has 0 saturated heterocycles. The Hall–Kier alpha value is -2.66.